The zero-order valence-corrected chi connectivity index (χ0v) is 13.7. The van der Waals surface area contributed by atoms with Crippen LogP contribution in [0.1, 0.15) is 38.8 Å². The highest BCUT2D eigenvalue weighted by molar-refractivity contribution is 6.35. The molecular weight excluding hydrogens is 284 g/mol. The minimum atomic E-state index is -0.650. The van der Waals surface area contributed by atoms with Crippen molar-refractivity contribution in [1.82, 2.24) is 10.6 Å². The van der Waals surface area contributed by atoms with Crippen molar-refractivity contribution >= 4 is 11.8 Å². The molecule has 1 rings (SSSR count). The van der Waals surface area contributed by atoms with Crippen LogP contribution < -0.4 is 20.1 Å². The molecule has 2 N–H and O–H groups in total. The van der Waals surface area contributed by atoms with Crippen LogP contribution in [0, 0.1) is 0 Å². The summed E-state index contributed by atoms with van der Waals surface area (Å²) in [5.41, 5.74) is 0.822. The Kier molecular flexibility index (Phi) is 6.69. The minimum Gasteiger partial charge on any atom is -0.493 e. The Morgan fingerprint density at radius 3 is 2.18 bits per heavy atom. The molecule has 0 spiro atoms. The topological polar surface area (TPSA) is 76.7 Å². The maximum Gasteiger partial charge on any atom is 0.309 e. The van der Waals surface area contributed by atoms with E-state index in [-0.39, 0.29) is 12.1 Å². The van der Waals surface area contributed by atoms with Crippen LogP contribution in [0.5, 0.6) is 11.5 Å². The summed E-state index contributed by atoms with van der Waals surface area (Å²) in [7, 11) is 3.10. The van der Waals surface area contributed by atoms with Crippen LogP contribution in [-0.4, -0.2) is 32.1 Å². The summed E-state index contributed by atoms with van der Waals surface area (Å²) < 4.78 is 10.4. The van der Waals surface area contributed by atoms with Crippen LogP contribution in [0.4, 0.5) is 0 Å². The van der Waals surface area contributed by atoms with Crippen LogP contribution in [-0.2, 0) is 9.59 Å². The third kappa shape index (κ3) is 4.65. The number of nitrogens with one attached hydrogen (secondary N) is 2. The van der Waals surface area contributed by atoms with Gasteiger partial charge in [-0.2, -0.15) is 0 Å². The maximum absolute atomic E-state index is 11.9. The van der Waals surface area contributed by atoms with Crippen LogP contribution in [0.2, 0.25) is 0 Å². The molecule has 0 aromatic heterocycles. The molecule has 0 fully saturated rings. The van der Waals surface area contributed by atoms with E-state index in [1.165, 1.54) is 0 Å². The van der Waals surface area contributed by atoms with Crippen molar-refractivity contribution in [2.75, 3.05) is 14.2 Å². The van der Waals surface area contributed by atoms with Crippen molar-refractivity contribution in [3.8, 4) is 11.5 Å². The summed E-state index contributed by atoms with van der Waals surface area (Å²) >= 11 is 0. The number of carbonyl (C=O) groups excluding carboxylic acids is 2. The summed E-state index contributed by atoms with van der Waals surface area (Å²) in [5.74, 6) is -0.0892. The van der Waals surface area contributed by atoms with Gasteiger partial charge in [0.25, 0.3) is 0 Å². The summed E-state index contributed by atoms with van der Waals surface area (Å²) in [4.78, 5) is 23.6. The molecule has 0 aliphatic rings. The molecule has 0 heterocycles. The highest BCUT2D eigenvalue weighted by atomic mass is 16.5. The van der Waals surface area contributed by atoms with E-state index in [2.05, 4.69) is 10.6 Å². The number of methoxy groups -OCH3 is 2. The number of benzene rings is 1. The second kappa shape index (κ2) is 8.26. The van der Waals surface area contributed by atoms with Gasteiger partial charge < -0.3 is 20.1 Å². The van der Waals surface area contributed by atoms with Gasteiger partial charge in [0.1, 0.15) is 0 Å². The first kappa shape index (κ1) is 17.8. The average Bonchev–Trinajstić information content (AvgIpc) is 2.53. The lowest BCUT2D eigenvalue weighted by Gasteiger charge is -2.17. The third-order valence-electron chi connectivity index (χ3n) is 3.45. The monoisotopic (exact) mass is 308 g/mol. The molecule has 2 amide bonds. The smallest absolute Gasteiger partial charge is 0.309 e. The van der Waals surface area contributed by atoms with Crippen LogP contribution >= 0.6 is 0 Å². The van der Waals surface area contributed by atoms with E-state index in [9.17, 15) is 9.59 Å². The van der Waals surface area contributed by atoms with Gasteiger partial charge in [0.05, 0.1) is 20.3 Å². The molecule has 2 atom stereocenters. The van der Waals surface area contributed by atoms with E-state index in [0.717, 1.165) is 12.0 Å². The Hall–Kier alpha value is -2.24. The van der Waals surface area contributed by atoms with Crippen molar-refractivity contribution < 1.29 is 19.1 Å². The van der Waals surface area contributed by atoms with Gasteiger partial charge >= 0.3 is 11.8 Å². The van der Waals surface area contributed by atoms with Gasteiger partial charge in [0, 0.05) is 6.04 Å². The van der Waals surface area contributed by atoms with Crippen molar-refractivity contribution in [3.05, 3.63) is 23.8 Å². The van der Waals surface area contributed by atoms with Gasteiger partial charge in [-0.15, -0.1) is 0 Å². The lowest BCUT2D eigenvalue weighted by atomic mass is 10.1. The summed E-state index contributed by atoms with van der Waals surface area (Å²) in [6, 6.07) is 5.00. The first-order valence-corrected chi connectivity index (χ1v) is 7.26. The quantitative estimate of drug-likeness (QED) is 0.786. The standard InChI is InChI=1S/C16H24N2O4/c1-6-10(2)17-15(19)16(20)18-11(3)12-7-8-13(21-4)14(9-12)22-5/h7-11H,6H2,1-5H3,(H,17,19)(H,18,20). The number of carbonyl (C=O) groups is 2. The molecule has 6 nitrogen and oxygen atoms in total. The molecule has 1 aromatic rings. The molecule has 1 aromatic carbocycles. The molecule has 6 heteroatoms. The fraction of sp³-hybridized carbons (Fsp3) is 0.500. The molecule has 0 aliphatic carbocycles. The summed E-state index contributed by atoms with van der Waals surface area (Å²) in [6.07, 6.45) is 0.768. The minimum absolute atomic E-state index is 0.0327. The molecule has 2 unspecified atom stereocenters. The Labute approximate surface area is 131 Å². The van der Waals surface area contributed by atoms with Crippen LogP contribution in [0.15, 0.2) is 18.2 Å². The highest BCUT2D eigenvalue weighted by Gasteiger charge is 2.19. The van der Waals surface area contributed by atoms with Crippen molar-refractivity contribution in [3.63, 3.8) is 0 Å². The average molecular weight is 308 g/mol. The maximum atomic E-state index is 11.9. The predicted octanol–water partition coefficient (Wildman–Crippen LogP) is 1.80. The number of ether oxygens (including phenoxy) is 2. The van der Waals surface area contributed by atoms with E-state index < -0.39 is 11.8 Å². The highest BCUT2D eigenvalue weighted by Crippen LogP contribution is 2.29. The van der Waals surface area contributed by atoms with Crippen LogP contribution in [0.3, 0.4) is 0 Å². The van der Waals surface area contributed by atoms with Gasteiger partial charge in [-0.1, -0.05) is 13.0 Å². The second-order valence-electron chi connectivity index (χ2n) is 5.09. The van der Waals surface area contributed by atoms with Gasteiger partial charge in [-0.25, -0.2) is 0 Å². The normalized spacial score (nSPS) is 13.0. The number of hydrogen-bond donors (Lipinski definition) is 2. The molecule has 0 saturated heterocycles. The van der Waals surface area contributed by atoms with E-state index >= 15 is 0 Å². The van der Waals surface area contributed by atoms with Crippen LogP contribution in [0.25, 0.3) is 0 Å². The molecule has 0 saturated carbocycles. The van der Waals surface area contributed by atoms with Crippen molar-refractivity contribution in [1.29, 1.82) is 0 Å². The largest absolute Gasteiger partial charge is 0.493 e. The first-order chi connectivity index (χ1) is 10.4. The third-order valence-corrected chi connectivity index (χ3v) is 3.45. The van der Waals surface area contributed by atoms with E-state index in [0.29, 0.717) is 11.5 Å². The molecule has 22 heavy (non-hydrogen) atoms. The summed E-state index contributed by atoms with van der Waals surface area (Å²) in [6.45, 7) is 5.59. The predicted molar refractivity (Wildman–Crippen MR) is 84.0 cm³/mol. The van der Waals surface area contributed by atoms with E-state index in [1.807, 2.05) is 19.9 Å². The van der Waals surface area contributed by atoms with Crippen molar-refractivity contribution in [2.45, 2.75) is 39.3 Å². The number of amides is 2. The molecule has 0 bridgehead atoms. The fourth-order valence-corrected chi connectivity index (χ4v) is 1.86. The van der Waals surface area contributed by atoms with Gasteiger partial charge in [-0.05, 0) is 38.0 Å². The van der Waals surface area contributed by atoms with Gasteiger partial charge in [-0.3, -0.25) is 9.59 Å². The van der Waals surface area contributed by atoms with Gasteiger partial charge in [0.2, 0.25) is 0 Å². The van der Waals surface area contributed by atoms with E-state index in [1.54, 1.807) is 33.3 Å². The number of hydrogen-bond acceptors (Lipinski definition) is 4. The lowest BCUT2D eigenvalue weighted by Crippen LogP contribution is -2.44. The van der Waals surface area contributed by atoms with E-state index in [4.69, 9.17) is 9.47 Å². The SMILES string of the molecule is CCC(C)NC(=O)C(=O)NC(C)c1ccc(OC)c(OC)c1. The summed E-state index contributed by atoms with van der Waals surface area (Å²) in [5, 5.41) is 5.30. The molecule has 0 aliphatic heterocycles. The van der Waals surface area contributed by atoms with Gasteiger partial charge in [0.15, 0.2) is 11.5 Å². The molecule has 122 valence electrons. The zero-order chi connectivity index (χ0) is 16.7. The Morgan fingerprint density at radius 2 is 1.64 bits per heavy atom. The lowest BCUT2D eigenvalue weighted by molar-refractivity contribution is -0.140. The molecular formula is C16H24N2O4. The van der Waals surface area contributed by atoms with Crippen molar-refractivity contribution in [2.24, 2.45) is 0 Å². The zero-order valence-electron chi connectivity index (χ0n) is 13.7. The second-order valence-corrected chi connectivity index (χ2v) is 5.09. The Morgan fingerprint density at radius 1 is 1.05 bits per heavy atom. The fourth-order valence-electron chi connectivity index (χ4n) is 1.86. The first-order valence-electron chi connectivity index (χ1n) is 7.26. The molecule has 0 radical (unpaired) electrons. The Balaban J connectivity index is 2.74. The Bertz CT molecular complexity index is 531. The number of rotatable bonds is 6.